The smallest absolute Gasteiger partial charge is 0.323 e. The number of carbonyl (C=O) groups is 1. The van der Waals surface area contributed by atoms with Crippen LogP contribution < -0.4 is 15.5 Å². The van der Waals surface area contributed by atoms with Crippen molar-refractivity contribution >= 4 is 33.2 Å². The highest BCUT2D eigenvalue weighted by molar-refractivity contribution is 7.89. The van der Waals surface area contributed by atoms with E-state index in [-0.39, 0.29) is 6.03 Å². The second-order valence-electron chi connectivity index (χ2n) is 8.86. The number of sulfonamides is 1. The van der Waals surface area contributed by atoms with Gasteiger partial charge in [0.15, 0.2) is 0 Å². The summed E-state index contributed by atoms with van der Waals surface area (Å²) >= 11 is 0. The van der Waals surface area contributed by atoms with E-state index in [9.17, 15) is 13.2 Å². The zero-order chi connectivity index (χ0) is 25.0. The Hall–Kier alpha value is -3.43. The van der Waals surface area contributed by atoms with Crippen molar-refractivity contribution in [2.24, 2.45) is 0 Å². The van der Waals surface area contributed by atoms with Gasteiger partial charge in [0.25, 0.3) is 0 Å². The summed E-state index contributed by atoms with van der Waals surface area (Å²) in [5, 5.41) is 5.66. The van der Waals surface area contributed by atoms with Crippen molar-refractivity contribution < 1.29 is 13.2 Å². The zero-order valence-corrected chi connectivity index (χ0v) is 21.1. The summed E-state index contributed by atoms with van der Waals surface area (Å²) < 4.78 is 27.7. The van der Waals surface area contributed by atoms with Gasteiger partial charge in [0, 0.05) is 31.9 Å². The second kappa shape index (κ2) is 10.5. The van der Waals surface area contributed by atoms with E-state index in [4.69, 9.17) is 0 Å². The Bertz CT molecular complexity index is 1290. The molecule has 1 aromatic heterocycles. The Morgan fingerprint density at radius 3 is 2.29 bits per heavy atom. The lowest BCUT2D eigenvalue weighted by Gasteiger charge is -2.23. The second-order valence-corrected chi connectivity index (χ2v) is 10.8. The molecule has 0 saturated carbocycles. The molecule has 0 aliphatic carbocycles. The summed E-state index contributed by atoms with van der Waals surface area (Å²) in [5.74, 6) is 0.750. The summed E-state index contributed by atoms with van der Waals surface area (Å²) in [5.41, 5.74) is 4.49. The number of carbonyl (C=O) groups excluding carboxylic acids is 1. The van der Waals surface area contributed by atoms with Crippen LogP contribution in [0.5, 0.6) is 0 Å². The van der Waals surface area contributed by atoms with E-state index >= 15 is 0 Å². The van der Waals surface area contributed by atoms with E-state index in [1.807, 2.05) is 57.2 Å². The minimum absolute atomic E-state index is 0.323. The molecule has 184 valence electrons. The fourth-order valence-corrected chi connectivity index (χ4v) is 5.58. The third-order valence-corrected chi connectivity index (χ3v) is 7.99. The van der Waals surface area contributed by atoms with Crippen molar-refractivity contribution in [1.29, 1.82) is 0 Å². The Labute approximate surface area is 207 Å². The maximum atomic E-state index is 13.1. The third kappa shape index (κ3) is 5.98. The van der Waals surface area contributed by atoms with E-state index in [0.29, 0.717) is 43.2 Å². The normalized spacial score (nSPS) is 14.9. The average molecular weight is 494 g/mol. The molecule has 0 unspecified atom stereocenters. The minimum Gasteiger partial charge on any atom is -0.355 e. The van der Waals surface area contributed by atoms with Crippen LogP contribution in [0.2, 0.25) is 0 Å². The molecule has 0 spiro atoms. The number of nitrogens with one attached hydrogen (secondary N) is 2. The molecule has 0 radical (unpaired) electrons. The molecule has 8 nitrogen and oxygen atoms in total. The number of rotatable bonds is 5. The largest absolute Gasteiger partial charge is 0.355 e. The Balaban J connectivity index is 1.36. The fraction of sp³-hybridized carbons (Fsp3) is 0.308. The maximum Gasteiger partial charge on any atom is 0.323 e. The van der Waals surface area contributed by atoms with Crippen molar-refractivity contribution in [3.05, 3.63) is 77.5 Å². The van der Waals surface area contributed by atoms with Gasteiger partial charge in [-0.2, -0.15) is 4.31 Å². The predicted octanol–water partition coefficient (Wildman–Crippen LogP) is 4.55. The van der Waals surface area contributed by atoms with Gasteiger partial charge in [0.05, 0.1) is 16.8 Å². The van der Waals surface area contributed by atoms with Crippen molar-refractivity contribution in [3.8, 4) is 0 Å². The molecule has 2 aromatic carbocycles. The van der Waals surface area contributed by atoms with E-state index in [1.54, 1.807) is 28.7 Å². The number of nitrogens with zero attached hydrogens (tertiary/aromatic N) is 3. The van der Waals surface area contributed by atoms with Crippen LogP contribution in [0, 0.1) is 20.8 Å². The quantitative estimate of drug-likeness (QED) is 0.544. The SMILES string of the molecule is Cc1ccc(S(=O)(=O)N2CCCN(c3ccc(NC(=O)Nc4ccc(C)cc4C)cn3)CC2)cc1. The van der Waals surface area contributed by atoms with Crippen LogP contribution in [0.3, 0.4) is 0 Å². The Kier molecular flexibility index (Phi) is 7.37. The molecule has 1 aliphatic heterocycles. The van der Waals surface area contributed by atoms with E-state index in [2.05, 4.69) is 20.5 Å². The molecule has 2 heterocycles. The van der Waals surface area contributed by atoms with Crippen molar-refractivity contribution in [3.63, 3.8) is 0 Å². The first-order valence-corrected chi connectivity index (χ1v) is 13.1. The van der Waals surface area contributed by atoms with Crippen LogP contribution in [0.1, 0.15) is 23.1 Å². The van der Waals surface area contributed by atoms with Gasteiger partial charge in [-0.1, -0.05) is 35.4 Å². The number of hydrogen-bond acceptors (Lipinski definition) is 5. The van der Waals surface area contributed by atoms with Gasteiger partial charge in [-0.25, -0.2) is 18.2 Å². The minimum atomic E-state index is -3.53. The standard InChI is InChI=1S/C26H31N5O3S/c1-19-5-9-23(10-6-19)35(33,34)31-14-4-13-30(15-16-31)25-12-8-22(18-27-25)28-26(32)29-24-11-7-20(2)17-21(24)3/h5-12,17-18H,4,13-16H2,1-3H3,(H2,28,29,32). The molecular weight excluding hydrogens is 462 g/mol. The number of hydrogen-bond donors (Lipinski definition) is 2. The van der Waals surface area contributed by atoms with Crippen molar-refractivity contribution in [2.75, 3.05) is 41.7 Å². The van der Waals surface area contributed by atoms with Gasteiger partial charge in [-0.15, -0.1) is 0 Å². The van der Waals surface area contributed by atoms with Crippen LogP contribution in [0.15, 0.2) is 65.7 Å². The number of aryl methyl sites for hydroxylation is 3. The van der Waals surface area contributed by atoms with Crippen LogP contribution in [0.25, 0.3) is 0 Å². The number of urea groups is 1. The first-order chi connectivity index (χ1) is 16.7. The molecule has 0 atom stereocenters. The Morgan fingerprint density at radius 2 is 1.60 bits per heavy atom. The topological polar surface area (TPSA) is 94.6 Å². The van der Waals surface area contributed by atoms with Gasteiger partial charge < -0.3 is 15.5 Å². The first kappa shape index (κ1) is 24.7. The molecule has 1 fully saturated rings. The molecule has 1 saturated heterocycles. The van der Waals surface area contributed by atoms with E-state index in [0.717, 1.165) is 28.2 Å². The number of anilines is 3. The monoisotopic (exact) mass is 493 g/mol. The zero-order valence-electron chi connectivity index (χ0n) is 20.3. The van der Waals surface area contributed by atoms with Gasteiger partial charge in [0.2, 0.25) is 10.0 Å². The molecular formula is C26H31N5O3S. The Morgan fingerprint density at radius 1 is 0.857 bits per heavy atom. The summed E-state index contributed by atoms with van der Waals surface area (Å²) in [4.78, 5) is 19.3. The highest BCUT2D eigenvalue weighted by Crippen LogP contribution is 2.22. The summed E-state index contributed by atoms with van der Waals surface area (Å²) in [6, 6.07) is 16.1. The van der Waals surface area contributed by atoms with Crippen molar-refractivity contribution in [2.45, 2.75) is 32.1 Å². The molecule has 2 N–H and O–H groups in total. The number of pyridine rings is 1. The lowest BCUT2D eigenvalue weighted by molar-refractivity contribution is 0.262. The lowest BCUT2D eigenvalue weighted by Crippen LogP contribution is -2.35. The van der Waals surface area contributed by atoms with E-state index < -0.39 is 10.0 Å². The average Bonchev–Trinajstić information content (AvgIpc) is 3.09. The number of aromatic nitrogens is 1. The van der Waals surface area contributed by atoms with Crippen LogP contribution in [-0.2, 0) is 10.0 Å². The molecule has 2 amide bonds. The van der Waals surface area contributed by atoms with Gasteiger partial charge in [-0.05, 0) is 63.1 Å². The molecule has 35 heavy (non-hydrogen) atoms. The fourth-order valence-electron chi connectivity index (χ4n) is 4.11. The third-order valence-electron chi connectivity index (χ3n) is 6.07. The summed E-state index contributed by atoms with van der Waals surface area (Å²) in [7, 11) is -3.53. The first-order valence-electron chi connectivity index (χ1n) is 11.7. The maximum absolute atomic E-state index is 13.1. The summed E-state index contributed by atoms with van der Waals surface area (Å²) in [6.07, 6.45) is 2.31. The van der Waals surface area contributed by atoms with Crippen LogP contribution >= 0.6 is 0 Å². The highest BCUT2D eigenvalue weighted by atomic mass is 32.2. The highest BCUT2D eigenvalue weighted by Gasteiger charge is 2.27. The van der Waals surface area contributed by atoms with Crippen LogP contribution in [-0.4, -0.2) is 49.9 Å². The number of benzene rings is 2. The molecule has 9 heteroatoms. The van der Waals surface area contributed by atoms with Gasteiger partial charge >= 0.3 is 6.03 Å². The van der Waals surface area contributed by atoms with Crippen LogP contribution in [0.4, 0.5) is 22.0 Å². The molecule has 4 rings (SSSR count). The molecule has 0 bridgehead atoms. The predicted molar refractivity (Wildman–Crippen MR) is 140 cm³/mol. The molecule has 1 aliphatic rings. The van der Waals surface area contributed by atoms with Gasteiger partial charge in [0.1, 0.15) is 5.82 Å². The van der Waals surface area contributed by atoms with E-state index in [1.165, 1.54) is 0 Å². The lowest BCUT2D eigenvalue weighted by atomic mass is 10.1. The number of amides is 2. The van der Waals surface area contributed by atoms with Crippen molar-refractivity contribution in [1.82, 2.24) is 9.29 Å². The van der Waals surface area contributed by atoms with Gasteiger partial charge in [-0.3, -0.25) is 0 Å². The summed E-state index contributed by atoms with van der Waals surface area (Å²) in [6.45, 7) is 7.99. The molecule has 3 aromatic rings.